The minimum atomic E-state index is -0.852. The third-order valence-electron chi connectivity index (χ3n) is 7.90. The number of nitrogens with zero attached hydrogens (tertiary/aromatic N) is 3. The Morgan fingerprint density at radius 2 is 1.93 bits per heavy atom. The number of nitro groups is 1. The van der Waals surface area contributed by atoms with E-state index in [0.29, 0.717) is 61.0 Å². The number of hydrogen-bond acceptors (Lipinski definition) is 9. The number of non-ortho nitro benzene ring substituents is 1. The van der Waals surface area contributed by atoms with Crippen molar-refractivity contribution < 1.29 is 23.6 Å². The Labute approximate surface area is 267 Å². The number of furan rings is 1. The van der Waals surface area contributed by atoms with E-state index in [9.17, 15) is 19.7 Å². The Morgan fingerprint density at radius 3 is 2.65 bits per heavy atom. The minimum Gasteiger partial charge on any atom is -0.496 e. The Morgan fingerprint density at radius 1 is 1.13 bits per heavy atom. The Bertz CT molecular complexity index is 2220. The quantitative estimate of drug-likeness (QED) is 0.107. The van der Waals surface area contributed by atoms with E-state index < -0.39 is 16.9 Å². The topological polar surface area (TPSA) is 126 Å². The summed E-state index contributed by atoms with van der Waals surface area (Å²) in [5, 5.41) is 13.0. The molecule has 11 heteroatoms. The molecule has 1 aliphatic rings. The van der Waals surface area contributed by atoms with Crippen molar-refractivity contribution in [2.24, 2.45) is 4.99 Å². The lowest BCUT2D eigenvalue weighted by Gasteiger charge is -2.28. The maximum atomic E-state index is 14.3. The van der Waals surface area contributed by atoms with Crippen molar-refractivity contribution in [1.82, 2.24) is 4.57 Å². The van der Waals surface area contributed by atoms with Crippen LogP contribution in [0.4, 0.5) is 5.69 Å². The summed E-state index contributed by atoms with van der Waals surface area (Å²) in [6, 6.07) is 18.8. The molecule has 0 radical (unpaired) electrons. The zero-order valence-electron chi connectivity index (χ0n) is 25.7. The van der Waals surface area contributed by atoms with E-state index in [4.69, 9.17) is 18.9 Å². The molecule has 0 aliphatic carbocycles. The number of carbonyl (C=O) groups is 1. The number of hydrogen-bond donors (Lipinski definition) is 0. The average molecular weight is 638 g/mol. The third kappa shape index (κ3) is 5.43. The largest absolute Gasteiger partial charge is 0.496 e. The molecule has 3 aromatic carbocycles. The number of methoxy groups -OCH3 is 1. The van der Waals surface area contributed by atoms with Crippen LogP contribution in [0.15, 0.2) is 92.2 Å². The summed E-state index contributed by atoms with van der Waals surface area (Å²) in [6.45, 7) is 5.70. The van der Waals surface area contributed by atoms with E-state index >= 15 is 0 Å². The van der Waals surface area contributed by atoms with Gasteiger partial charge in [-0.3, -0.25) is 19.5 Å². The number of thiazole rings is 1. The van der Waals surface area contributed by atoms with E-state index in [1.807, 2.05) is 43.3 Å². The summed E-state index contributed by atoms with van der Waals surface area (Å²) in [5.74, 6) is 0.945. The molecule has 1 atom stereocenters. The van der Waals surface area contributed by atoms with Crippen LogP contribution in [0.25, 0.3) is 28.2 Å². The molecule has 3 heterocycles. The highest BCUT2D eigenvalue weighted by atomic mass is 32.1. The Hall–Kier alpha value is -5.29. The van der Waals surface area contributed by atoms with Gasteiger partial charge < -0.3 is 13.9 Å². The summed E-state index contributed by atoms with van der Waals surface area (Å²) in [5.41, 5.74) is 2.61. The smallest absolute Gasteiger partial charge is 0.338 e. The molecule has 1 aliphatic heterocycles. The summed E-state index contributed by atoms with van der Waals surface area (Å²) in [7, 11) is 1.57. The molecule has 10 nitrogen and oxygen atoms in total. The van der Waals surface area contributed by atoms with Gasteiger partial charge in [0.2, 0.25) is 0 Å². The van der Waals surface area contributed by atoms with Gasteiger partial charge in [0.05, 0.1) is 34.4 Å². The van der Waals surface area contributed by atoms with Gasteiger partial charge in [0.15, 0.2) is 4.80 Å². The predicted molar refractivity (Wildman–Crippen MR) is 176 cm³/mol. The lowest BCUT2D eigenvalue weighted by Crippen LogP contribution is -2.40. The van der Waals surface area contributed by atoms with Gasteiger partial charge in [0.1, 0.15) is 23.3 Å². The van der Waals surface area contributed by atoms with E-state index in [-0.39, 0.29) is 17.9 Å². The van der Waals surface area contributed by atoms with Gasteiger partial charge in [-0.15, -0.1) is 0 Å². The van der Waals surface area contributed by atoms with Crippen LogP contribution in [-0.2, 0) is 9.53 Å². The molecule has 0 saturated carbocycles. The first-order valence-electron chi connectivity index (χ1n) is 14.9. The first kappa shape index (κ1) is 30.7. The second-order valence-electron chi connectivity index (χ2n) is 10.8. The highest BCUT2D eigenvalue weighted by Gasteiger charge is 2.37. The van der Waals surface area contributed by atoms with Gasteiger partial charge >= 0.3 is 5.97 Å². The number of rotatable bonds is 9. The number of ether oxygens (including phenoxy) is 2. The first-order valence-corrected chi connectivity index (χ1v) is 15.7. The van der Waals surface area contributed by atoms with Gasteiger partial charge in [-0.25, -0.2) is 9.79 Å². The number of aromatic nitrogens is 1. The van der Waals surface area contributed by atoms with Crippen molar-refractivity contribution in [3.63, 3.8) is 0 Å². The monoisotopic (exact) mass is 637 g/mol. The molecule has 5 aromatic rings. The SMILES string of the molecule is CCCC1=C(C(=O)OCC)C(c2c(OC)ccc3ccccc23)n2c(s/c(=C\c3ccc(-c4ccc([N+](=O)[O-])cc4C)o3)c2=O)=N1. The van der Waals surface area contributed by atoms with Gasteiger partial charge in [-0.2, -0.15) is 0 Å². The molecule has 0 bridgehead atoms. The average Bonchev–Trinajstić information content (AvgIpc) is 3.63. The molecule has 0 amide bonds. The molecule has 1 unspecified atom stereocenters. The fourth-order valence-corrected chi connectivity index (χ4v) is 6.87. The van der Waals surface area contributed by atoms with Crippen LogP contribution in [0.5, 0.6) is 5.75 Å². The molecule has 234 valence electrons. The number of carbonyl (C=O) groups excluding carboxylic acids is 1. The van der Waals surface area contributed by atoms with Gasteiger partial charge in [-0.1, -0.05) is 55.0 Å². The predicted octanol–water partition coefficient (Wildman–Crippen LogP) is 6.22. The van der Waals surface area contributed by atoms with Gasteiger partial charge in [-0.05, 0) is 60.9 Å². The summed E-state index contributed by atoms with van der Waals surface area (Å²) in [4.78, 5) is 44.1. The van der Waals surface area contributed by atoms with Crippen molar-refractivity contribution in [3.05, 3.63) is 125 Å². The van der Waals surface area contributed by atoms with E-state index in [1.165, 1.54) is 23.5 Å². The lowest BCUT2D eigenvalue weighted by atomic mass is 9.90. The van der Waals surface area contributed by atoms with E-state index in [2.05, 4.69) is 0 Å². The van der Waals surface area contributed by atoms with Gasteiger partial charge in [0.25, 0.3) is 11.2 Å². The number of benzene rings is 3. The highest BCUT2D eigenvalue weighted by molar-refractivity contribution is 7.07. The zero-order valence-corrected chi connectivity index (χ0v) is 26.6. The first-order chi connectivity index (χ1) is 22.2. The number of allylic oxidation sites excluding steroid dienone is 1. The van der Waals surface area contributed by atoms with E-state index in [1.54, 1.807) is 49.8 Å². The molecule has 6 rings (SSSR count). The third-order valence-corrected chi connectivity index (χ3v) is 8.89. The number of fused-ring (bicyclic) bond motifs is 2. The van der Waals surface area contributed by atoms with Crippen LogP contribution in [-0.4, -0.2) is 29.2 Å². The molecule has 2 aromatic heterocycles. The fraction of sp³-hybridized carbons (Fsp3) is 0.229. The van der Waals surface area contributed by atoms with Crippen LogP contribution in [0, 0.1) is 17.0 Å². The molecular weight excluding hydrogens is 606 g/mol. The van der Waals surface area contributed by atoms with Crippen molar-refractivity contribution in [2.75, 3.05) is 13.7 Å². The van der Waals surface area contributed by atoms with Crippen molar-refractivity contribution >= 4 is 39.8 Å². The molecule has 0 saturated heterocycles. The fourth-order valence-electron chi connectivity index (χ4n) is 5.87. The Kier molecular flexibility index (Phi) is 8.42. The van der Waals surface area contributed by atoms with E-state index in [0.717, 1.165) is 17.2 Å². The second-order valence-corrected chi connectivity index (χ2v) is 11.8. The van der Waals surface area contributed by atoms with Crippen LogP contribution >= 0.6 is 11.3 Å². The summed E-state index contributed by atoms with van der Waals surface area (Å²) >= 11 is 1.21. The van der Waals surface area contributed by atoms with Gasteiger partial charge in [0, 0.05) is 29.3 Å². The van der Waals surface area contributed by atoms with Crippen molar-refractivity contribution in [2.45, 2.75) is 39.7 Å². The Balaban J connectivity index is 1.56. The second kappa shape index (κ2) is 12.6. The number of esters is 1. The van der Waals surface area contributed by atoms with Crippen LogP contribution in [0.1, 0.15) is 49.6 Å². The van der Waals surface area contributed by atoms with Crippen LogP contribution in [0.2, 0.25) is 0 Å². The minimum absolute atomic E-state index is 0.00357. The standard InChI is InChI=1S/C35H31N3O7S/c1-5-9-26-31(34(40)44-6-2)32(30-25-11-8-7-10-21(25)12-16-28(30)43-4)37-33(39)29(46-35(37)36-26)19-23-14-17-27(45-23)24-15-13-22(38(41)42)18-20(24)3/h7-8,10-19,32H,5-6,9H2,1-4H3/b29-19-. The zero-order chi connectivity index (χ0) is 32.5. The molecular formula is C35H31N3O7S. The van der Waals surface area contributed by atoms with Crippen molar-refractivity contribution in [1.29, 1.82) is 0 Å². The van der Waals surface area contributed by atoms with Crippen molar-refractivity contribution in [3.8, 4) is 17.1 Å². The highest BCUT2D eigenvalue weighted by Crippen LogP contribution is 2.41. The van der Waals surface area contributed by atoms with Crippen LogP contribution in [0.3, 0.4) is 0 Å². The van der Waals surface area contributed by atoms with Crippen LogP contribution < -0.4 is 19.6 Å². The molecule has 0 fully saturated rings. The number of aryl methyl sites for hydroxylation is 1. The maximum Gasteiger partial charge on any atom is 0.338 e. The molecule has 46 heavy (non-hydrogen) atoms. The summed E-state index contributed by atoms with van der Waals surface area (Å²) < 4.78 is 19.4. The lowest BCUT2D eigenvalue weighted by molar-refractivity contribution is -0.384. The number of nitro benzene ring substituents is 1. The maximum absolute atomic E-state index is 14.3. The summed E-state index contributed by atoms with van der Waals surface area (Å²) in [6.07, 6.45) is 2.89. The molecule has 0 N–H and O–H groups in total. The molecule has 0 spiro atoms. The normalized spacial score (nSPS) is 14.7.